The van der Waals surface area contributed by atoms with Crippen molar-refractivity contribution in [2.24, 2.45) is 0 Å². The van der Waals surface area contributed by atoms with Crippen LogP contribution in [0.5, 0.6) is 0 Å². The maximum Gasteiger partial charge on any atom is 0.408 e. The number of halogens is 1. The second kappa shape index (κ2) is 9.91. The van der Waals surface area contributed by atoms with Crippen LogP contribution >= 0.6 is 22.6 Å². The lowest BCUT2D eigenvalue weighted by Crippen LogP contribution is -2.52. The minimum atomic E-state index is -0.870. The first-order valence-electron chi connectivity index (χ1n) is 8.55. The van der Waals surface area contributed by atoms with Gasteiger partial charge in [0.25, 0.3) is 0 Å². The van der Waals surface area contributed by atoms with Gasteiger partial charge in [-0.2, -0.15) is 0 Å². The Labute approximate surface area is 173 Å². The molecule has 2 amide bonds. The lowest BCUT2D eigenvalue weighted by atomic mass is 10.0. The van der Waals surface area contributed by atoms with Gasteiger partial charge in [-0.05, 0) is 74.4 Å². The second-order valence-corrected chi connectivity index (χ2v) is 8.40. The number of rotatable bonds is 6. The van der Waals surface area contributed by atoms with Crippen molar-refractivity contribution < 1.29 is 23.9 Å². The molecule has 0 spiro atoms. The van der Waals surface area contributed by atoms with Gasteiger partial charge in [0, 0.05) is 9.99 Å². The highest BCUT2D eigenvalue weighted by atomic mass is 127. The van der Waals surface area contributed by atoms with Crippen LogP contribution in [0, 0.1) is 10.5 Å². The predicted molar refractivity (Wildman–Crippen MR) is 110 cm³/mol. The fraction of sp³-hybridized carbons (Fsp3) is 0.526. The van der Waals surface area contributed by atoms with Gasteiger partial charge in [0.05, 0.1) is 7.11 Å². The fourth-order valence-electron chi connectivity index (χ4n) is 2.18. The van der Waals surface area contributed by atoms with E-state index in [0.717, 1.165) is 14.7 Å². The Balaban J connectivity index is 2.77. The van der Waals surface area contributed by atoms with Gasteiger partial charge in [-0.25, -0.2) is 9.59 Å². The normalized spacial score (nSPS) is 13.3. The molecule has 0 aliphatic carbocycles. The van der Waals surface area contributed by atoms with Crippen molar-refractivity contribution >= 4 is 40.6 Å². The molecule has 0 bridgehead atoms. The van der Waals surface area contributed by atoms with Crippen molar-refractivity contribution in [3.05, 3.63) is 32.9 Å². The average molecular weight is 490 g/mol. The van der Waals surface area contributed by atoms with Crippen molar-refractivity contribution in [2.45, 2.75) is 58.7 Å². The van der Waals surface area contributed by atoms with Crippen molar-refractivity contribution in [3.8, 4) is 0 Å². The van der Waals surface area contributed by atoms with Crippen molar-refractivity contribution in [1.82, 2.24) is 10.6 Å². The van der Waals surface area contributed by atoms with Gasteiger partial charge < -0.3 is 20.1 Å². The van der Waals surface area contributed by atoms with Crippen LogP contribution in [0.1, 0.15) is 38.8 Å². The summed E-state index contributed by atoms with van der Waals surface area (Å²) in [5, 5.41) is 5.08. The Hall–Kier alpha value is -1.84. The van der Waals surface area contributed by atoms with Gasteiger partial charge in [0.2, 0.25) is 5.91 Å². The smallest absolute Gasteiger partial charge is 0.408 e. The van der Waals surface area contributed by atoms with Gasteiger partial charge in [-0.1, -0.05) is 12.1 Å². The minimum absolute atomic E-state index is 0.286. The van der Waals surface area contributed by atoms with Gasteiger partial charge in [-0.15, -0.1) is 0 Å². The van der Waals surface area contributed by atoms with Crippen LogP contribution in [-0.4, -0.2) is 42.8 Å². The van der Waals surface area contributed by atoms with Crippen molar-refractivity contribution in [2.75, 3.05) is 7.11 Å². The van der Waals surface area contributed by atoms with Crippen LogP contribution in [0.25, 0.3) is 0 Å². The number of aryl methyl sites for hydroxylation is 1. The standard InChI is InChI=1S/C19H27IN2O5/c1-11-7-8-13(9-14(11)20)10-15(17(24)26-6)22-16(23)12(2)21-18(25)27-19(3,4)5/h7-9,12,15H,10H2,1-6H3,(H,21,25)(H,22,23)/t12-,15-/m0/s1. The molecule has 8 heteroatoms. The molecule has 0 fully saturated rings. The van der Waals surface area contributed by atoms with E-state index < -0.39 is 35.7 Å². The van der Waals surface area contributed by atoms with Crippen LogP contribution in [0.3, 0.4) is 0 Å². The first kappa shape index (κ1) is 23.2. The van der Waals surface area contributed by atoms with Gasteiger partial charge in [0.15, 0.2) is 0 Å². The number of alkyl carbamates (subject to hydrolysis) is 1. The Morgan fingerprint density at radius 2 is 1.81 bits per heavy atom. The highest BCUT2D eigenvalue weighted by Crippen LogP contribution is 2.15. The first-order chi connectivity index (χ1) is 12.4. The van der Waals surface area contributed by atoms with E-state index in [0.29, 0.717) is 0 Å². The summed E-state index contributed by atoms with van der Waals surface area (Å²) >= 11 is 2.22. The van der Waals surface area contributed by atoms with E-state index in [9.17, 15) is 14.4 Å². The molecule has 0 unspecified atom stereocenters. The molecule has 0 saturated heterocycles. The Kier molecular flexibility index (Phi) is 8.52. The predicted octanol–water partition coefficient (Wildman–Crippen LogP) is 2.71. The molecule has 0 aromatic heterocycles. The molecule has 0 aliphatic rings. The number of hydrogen-bond acceptors (Lipinski definition) is 5. The SMILES string of the molecule is COC(=O)[C@H](Cc1ccc(C)c(I)c1)NC(=O)[C@H](C)NC(=O)OC(C)(C)C. The van der Waals surface area contributed by atoms with Gasteiger partial charge in [0.1, 0.15) is 17.7 Å². The number of benzene rings is 1. The summed E-state index contributed by atoms with van der Waals surface area (Å²) in [6.45, 7) is 8.70. The molecule has 1 aromatic rings. The molecule has 1 aromatic carbocycles. The second-order valence-electron chi connectivity index (χ2n) is 7.24. The van der Waals surface area contributed by atoms with Crippen LogP contribution in [0.4, 0.5) is 4.79 Å². The van der Waals surface area contributed by atoms with Gasteiger partial charge >= 0.3 is 12.1 Å². The van der Waals surface area contributed by atoms with Crippen LogP contribution < -0.4 is 10.6 Å². The summed E-state index contributed by atoms with van der Waals surface area (Å²) in [6.07, 6.45) is -0.415. The molecule has 27 heavy (non-hydrogen) atoms. The number of carbonyl (C=O) groups excluding carboxylic acids is 3. The highest BCUT2D eigenvalue weighted by Gasteiger charge is 2.26. The molecule has 0 radical (unpaired) electrons. The zero-order valence-electron chi connectivity index (χ0n) is 16.5. The van der Waals surface area contributed by atoms with Crippen LogP contribution in [-0.2, 0) is 25.5 Å². The molecule has 7 nitrogen and oxygen atoms in total. The number of amides is 2. The lowest BCUT2D eigenvalue weighted by molar-refractivity contribution is -0.145. The van der Waals surface area contributed by atoms with Crippen molar-refractivity contribution in [3.63, 3.8) is 0 Å². The van der Waals surface area contributed by atoms with Crippen molar-refractivity contribution in [1.29, 1.82) is 0 Å². The monoisotopic (exact) mass is 490 g/mol. The quantitative estimate of drug-likeness (QED) is 0.473. The third kappa shape index (κ3) is 8.15. The Morgan fingerprint density at radius 1 is 1.19 bits per heavy atom. The number of esters is 1. The Bertz CT molecular complexity index is 700. The molecule has 1 rings (SSSR count). The summed E-state index contributed by atoms with van der Waals surface area (Å²) in [7, 11) is 1.27. The zero-order chi connectivity index (χ0) is 20.8. The molecule has 0 heterocycles. The minimum Gasteiger partial charge on any atom is -0.467 e. The average Bonchev–Trinajstić information content (AvgIpc) is 2.54. The maximum atomic E-state index is 12.4. The summed E-state index contributed by atoms with van der Waals surface area (Å²) in [4.78, 5) is 36.3. The number of methoxy groups -OCH3 is 1. The summed E-state index contributed by atoms with van der Waals surface area (Å²) in [5.74, 6) is -1.05. The topological polar surface area (TPSA) is 93.7 Å². The zero-order valence-corrected chi connectivity index (χ0v) is 18.7. The maximum absolute atomic E-state index is 12.4. The van der Waals surface area contributed by atoms with E-state index in [1.807, 2.05) is 25.1 Å². The van der Waals surface area contributed by atoms with E-state index in [4.69, 9.17) is 9.47 Å². The van der Waals surface area contributed by atoms with Crippen LogP contribution in [0.2, 0.25) is 0 Å². The molecule has 2 N–H and O–H groups in total. The first-order valence-corrected chi connectivity index (χ1v) is 9.63. The Morgan fingerprint density at radius 3 is 2.33 bits per heavy atom. The molecule has 150 valence electrons. The largest absolute Gasteiger partial charge is 0.467 e. The highest BCUT2D eigenvalue weighted by molar-refractivity contribution is 14.1. The van der Waals surface area contributed by atoms with E-state index in [1.165, 1.54) is 14.0 Å². The third-order valence-electron chi connectivity index (χ3n) is 3.60. The molecule has 0 aliphatic heterocycles. The van der Waals surface area contributed by atoms with E-state index in [2.05, 4.69) is 33.2 Å². The van der Waals surface area contributed by atoms with E-state index in [-0.39, 0.29) is 6.42 Å². The summed E-state index contributed by atoms with van der Waals surface area (Å²) < 4.78 is 11.0. The van der Waals surface area contributed by atoms with E-state index in [1.54, 1.807) is 20.8 Å². The number of nitrogens with one attached hydrogen (secondary N) is 2. The lowest BCUT2D eigenvalue weighted by Gasteiger charge is -2.23. The van der Waals surface area contributed by atoms with E-state index >= 15 is 0 Å². The number of hydrogen-bond donors (Lipinski definition) is 2. The molecular formula is C19H27IN2O5. The summed E-state index contributed by atoms with van der Waals surface area (Å²) in [5.41, 5.74) is 1.36. The molecule has 0 saturated carbocycles. The summed E-state index contributed by atoms with van der Waals surface area (Å²) in [6, 6.07) is 4.09. The number of carbonyl (C=O) groups is 3. The fourth-order valence-corrected chi connectivity index (χ4v) is 2.76. The third-order valence-corrected chi connectivity index (χ3v) is 4.77. The van der Waals surface area contributed by atoms with Crippen LogP contribution in [0.15, 0.2) is 18.2 Å². The van der Waals surface area contributed by atoms with Gasteiger partial charge in [-0.3, -0.25) is 4.79 Å². The molecular weight excluding hydrogens is 463 g/mol. The number of ether oxygens (including phenoxy) is 2. The molecule has 2 atom stereocenters.